The Labute approximate surface area is 94.8 Å². The molecule has 0 spiro atoms. The summed E-state index contributed by atoms with van der Waals surface area (Å²) in [5.74, 6) is -0.166. The number of carbonyl (C=O) groups excluding carboxylic acids is 1. The molecule has 16 heavy (non-hydrogen) atoms. The smallest absolute Gasteiger partial charge is 0.334 e. The number of rotatable bonds is 3. The lowest BCUT2D eigenvalue weighted by Gasteiger charge is -2.35. The van der Waals surface area contributed by atoms with Crippen LogP contribution < -0.4 is 5.32 Å². The zero-order valence-corrected chi connectivity index (χ0v) is 9.48. The fourth-order valence-electron chi connectivity index (χ4n) is 2.15. The van der Waals surface area contributed by atoms with Crippen LogP contribution in [0.1, 0.15) is 19.8 Å². The quantitative estimate of drug-likeness (QED) is 0.759. The number of carbonyl (C=O) groups is 1. The van der Waals surface area contributed by atoms with E-state index in [2.05, 4.69) is 10.4 Å². The summed E-state index contributed by atoms with van der Waals surface area (Å²) in [4.78, 5) is 12.1. The molecule has 0 saturated carbocycles. The Balaban J connectivity index is 2.28. The number of ether oxygens (including phenoxy) is 1. The summed E-state index contributed by atoms with van der Waals surface area (Å²) in [6, 6.07) is 1.84. The second kappa shape index (κ2) is 4.65. The standard InChI is InChI=1S/C11H17N3O2/c1-2-16-10(15)11(4-7-12-8-5-11)14-9-3-6-13-14/h3,6,9,12H,2,4-5,7-8H2,1H3. The lowest BCUT2D eigenvalue weighted by Crippen LogP contribution is -2.50. The lowest BCUT2D eigenvalue weighted by molar-refractivity contribution is -0.156. The summed E-state index contributed by atoms with van der Waals surface area (Å²) in [6.45, 7) is 3.88. The van der Waals surface area contributed by atoms with Crippen LogP contribution in [0, 0.1) is 0 Å². The SMILES string of the molecule is CCOC(=O)C1(n2cccn2)CCNCC1. The Morgan fingerprint density at radius 1 is 1.56 bits per heavy atom. The van der Waals surface area contributed by atoms with Crippen molar-refractivity contribution in [1.82, 2.24) is 15.1 Å². The Morgan fingerprint density at radius 2 is 2.31 bits per heavy atom. The third-order valence-corrected chi connectivity index (χ3v) is 3.03. The van der Waals surface area contributed by atoms with Crippen LogP contribution in [0.2, 0.25) is 0 Å². The van der Waals surface area contributed by atoms with Gasteiger partial charge < -0.3 is 10.1 Å². The minimum Gasteiger partial charge on any atom is -0.464 e. The van der Waals surface area contributed by atoms with E-state index in [1.54, 1.807) is 10.9 Å². The van der Waals surface area contributed by atoms with E-state index in [0.29, 0.717) is 6.61 Å². The topological polar surface area (TPSA) is 56.2 Å². The average Bonchev–Trinajstić information content (AvgIpc) is 2.84. The molecular formula is C11H17N3O2. The fourth-order valence-corrected chi connectivity index (χ4v) is 2.15. The first-order valence-corrected chi connectivity index (χ1v) is 5.67. The fraction of sp³-hybridized carbons (Fsp3) is 0.636. The number of hydrogen-bond acceptors (Lipinski definition) is 4. The molecule has 0 aromatic carbocycles. The molecule has 0 bridgehead atoms. The highest BCUT2D eigenvalue weighted by atomic mass is 16.5. The van der Waals surface area contributed by atoms with Crippen LogP contribution in [0.5, 0.6) is 0 Å². The van der Waals surface area contributed by atoms with E-state index < -0.39 is 5.54 Å². The Kier molecular flexibility index (Phi) is 3.24. The lowest BCUT2D eigenvalue weighted by atomic mass is 9.88. The summed E-state index contributed by atoms with van der Waals surface area (Å²) in [7, 11) is 0. The predicted octanol–water partition coefficient (Wildman–Crippen LogP) is 0.525. The molecule has 0 radical (unpaired) electrons. The van der Waals surface area contributed by atoms with Crippen LogP contribution in [0.25, 0.3) is 0 Å². The van der Waals surface area contributed by atoms with Gasteiger partial charge >= 0.3 is 5.97 Å². The van der Waals surface area contributed by atoms with Crippen molar-refractivity contribution in [2.24, 2.45) is 0 Å². The largest absolute Gasteiger partial charge is 0.464 e. The molecule has 0 unspecified atom stereocenters. The monoisotopic (exact) mass is 223 g/mol. The van der Waals surface area contributed by atoms with Crippen LogP contribution in [0.3, 0.4) is 0 Å². The van der Waals surface area contributed by atoms with Crippen LogP contribution in [0.4, 0.5) is 0 Å². The first kappa shape index (κ1) is 11.1. The maximum atomic E-state index is 12.1. The van der Waals surface area contributed by atoms with E-state index in [0.717, 1.165) is 25.9 Å². The molecule has 2 heterocycles. The molecule has 1 aromatic rings. The highest BCUT2D eigenvalue weighted by molar-refractivity contribution is 5.79. The molecule has 0 atom stereocenters. The molecule has 5 nitrogen and oxygen atoms in total. The highest BCUT2D eigenvalue weighted by Crippen LogP contribution is 2.28. The van der Waals surface area contributed by atoms with Crippen molar-refractivity contribution in [2.45, 2.75) is 25.3 Å². The number of aromatic nitrogens is 2. The van der Waals surface area contributed by atoms with Crippen LogP contribution >= 0.6 is 0 Å². The summed E-state index contributed by atoms with van der Waals surface area (Å²) < 4.78 is 6.92. The van der Waals surface area contributed by atoms with E-state index in [1.807, 2.05) is 19.2 Å². The average molecular weight is 223 g/mol. The zero-order chi connectivity index (χ0) is 11.4. The van der Waals surface area contributed by atoms with Crippen LogP contribution in [-0.4, -0.2) is 35.4 Å². The normalized spacial score (nSPS) is 19.3. The van der Waals surface area contributed by atoms with Crippen LogP contribution in [-0.2, 0) is 15.1 Å². The first-order chi connectivity index (χ1) is 7.79. The second-order valence-corrected chi connectivity index (χ2v) is 3.95. The van der Waals surface area contributed by atoms with Gasteiger partial charge in [0.2, 0.25) is 0 Å². The molecule has 5 heteroatoms. The predicted molar refractivity (Wildman–Crippen MR) is 58.9 cm³/mol. The van der Waals surface area contributed by atoms with Gasteiger partial charge in [-0.05, 0) is 38.9 Å². The van der Waals surface area contributed by atoms with Gasteiger partial charge in [0.1, 0.15) is 0 Å². The molecule has 1 aliphatic rings. The van der Waals surface area contributed by atoms with Gasteiger partial charge in [0, 0.05) is 12.4 Å². The van der Waals surface area contributed by atoms with Crippen molar-refractivity contribution < 1.29 is 9.53 Å². The van der Waals surface area contributed by atoms with Crippen LogP contribution in [0.15, 0.2) is 18.5 Å². The molecule has 1 fully saturated rings. The van der Waals surface area contributed by atoms with Crippen molar-refractivity contribution in [3.05, 3.63) is 18.5 Å². The van der Waals surface area contributed by atoms with Gasteiger partial charge in [0.15, 0.2) is 5.54 Å². The van der Waals surface area contributed by atoms with Gasteiger partial charge in [-0.1, -0.05) is 0 Å². The molecule has 0 aliphatic carbocycles. The minimum atomic E-state index is -0.606. The number of piperidine rings is 1. The number of hydrogen-bond donors (Lipinski definition) is 1. The van der Waals surface area contributed by atoms with Crippen molar-refractivity contribution >= 4 is 5.97 Å². The van der Waals surface area contributed by atoms with E-state index >= 15 is 0 Å². The zero-order valence-electron chi connectivity index (χ0n) is 9.48. The molecule has 1 aliphatic heterocycles. The Hall–Kier alpha value is -1.36. The molecule has 2 rings (SSSR count). The number of nitrogens with one attached hydrogen (secondary N) is 1. The number of nitrogens with zero attached hydrogens (tertiary/aromatic N) is 2. The van der Waals surface area contributed by atoms with Gasteiger partial charge in [-0.3, -0.25) is 4.68 Å². The third kappa shape index (κ3) is 1.82. The number of esters is 1. The molecule has 1 N–H and O–H groups in total. The van der Waals surface area contributed by atoms with E-state index in [9.17, 15) is 4.79 Å². The molecule has 88 valence electrons. The summed E-state index contributed by atoms with van der Waals surface area (Å²) in [5.41, 5.74) is -0.606. The van der Waals surface area contributed by atoms with E-state index in [1.165, 1.54) is 0 Å². The van der Waals surface area contributed by atoms with Gasteiger partial charge in [-0.15, -0.1) is 0 Å². The minimum absolute atomic E-state index is 0.166. The van der Waals surface area contributed by atoms with Gasteiger partial charge in [-0.25, -0.2) is 4.79 Å². The summed E-state index contributed by atoms with van der Waals surface area (Å²) >= 11 is 0. The summed E-state index contributed by atoms with van der Waals surface area (Å²) in [5, 5.41) is 7.45. The molecule has 1 saturated heterocycles. The van der Waals surface area contributed by atoms with E-state index in [4.69, 9.17) is 4.74 Å². The van der Waals surface area contributed by atoms with E-state index in [-0.39, 0.29) is 5.97 Å². The highest BCUT2D eigenvalue weighted by Gasteiger charge is 2.43. The molecule has 1 aromatic heterocycles. The maximum Gasteiger partial charge on any atom is 0.334 e. The Bertz CT molecular complexity index is 342. The summed E-state index contributed by atoms with van der Waals surface area (Å²) in [6.07, 6.45) is 4.99. The maximum absolute atomic E-state index is 12.1. The third-order valence-electron chi connectivity index (χ3n) is 3.03. The van der Waals surface area contributed by atoms with Gasteiger partial charge in [0.05, 0.1) is 6.61 Å². The van der Waals surface area contributed by atoms with Gasteiger partial charge in [0.25, 0.3) is 0 Å². The van der Waals surface area contributed by atoms with Gasteiger partial charge in [-0.2, -0.15) is 5.10 Å². The Morgan fingerprint density at radius 3 is 2.88 bits per heavy atom. The molecule has 0 amide bonds. The van der Waals surface area contributed by atoms with Crippen molar-refractivity contribution in [3.8, 4) is 0 Å². The molecular weight excluding hydrogens is 206 g/mol. The first-order valence-electron chi connectivity index (χ1n) is 5.67. The second-order valence-electron chi connectivity index (χ2n) is 3.95. The van der Waals surface area contributed by atoms with Crippen molar-refractivity contribution in [3.63, 3.8) is 0 Å². The van der Waals surface area contributed by atoms with Crippen molar-refractivity contribution in [2.75, 3.05) is 19.7 Å². The van der Waals surface area contributed by atoms with Crippen molar-refractivity contribution in [1.29, 1.82) is 0 Å².